The summed E-state index contributed by atoms with van der Waals surface area (Å²) in [5.41, 5.74) is 9.75. The summed E-state index contributed by atoms with van der Waals surface area (Å²) in [5.74, 6) is 1.21. The minimum atomic E-state index is -4.49. The molecule has 7 nitrogen and oxygen atoms in total. The van der Waals surface area contributed by atoms with Gasteiger partial charge in [-0.15, -0.1) is 0 Å². The first-order valence-electron chi connectivity index (χ1n) is 12.1. The van der Waals surface area contributed by atoms with E-state index in [1.165, 1.54) is 11.1 Å². The fourth-order valence-electron chi connectivity index (χ4n) is 5.19. The number of aryl methyl sites for hydroxylation is 2. The number of fused-ring (bicyclic) bond motifs is 3. The number of halogens is 3. The normalized spacial score (nSPS) is 17.0. The molecule has 0 spiro atoms. The van der Waals surface area contributed by atoms with Gasteiger partial charge in [-0.05, 0) is 74.1 Å². The zero-order valence-corrected chi connectivity index (χ0v) is 20.5. The molecule has 1 saturated heterocycles. The first kappa shape index (κ1) is 24.1. The summed E-state index contributed by atoms with van der Waals surface area (Å²) in [6.45, 7) is 5.28. The van der Waals surface area contributed by atoms with Crippen LogP contribution in [0.1, 0.15) is 47.5 Å². The molecule has 3 aromatic rings. The van der Waals surface area contributed by atoms with Gasteiger partial charge in [0.25, 0.3) is 0 Å². The zero-order valence-electron chi connectivity index (χ0n) is 20.5. The fraction of sp³-hybridized carbons (Fsp3) is 0.423. The molecule has 5 rings (SSSR count). The van der Waals surface area contributed by atoms with Crippen LogP contribution in [-0.2, 0) is 23.8 Å². The second kappa shape index (κ2) is 8.83. The van der Waals surface area contributed by atoms with Gasteiger partial charge >= 0.3 is 6.18 Å². The number of hydrogen-bond donors (Lipinski definition) is 2. The first-order chi connectivity index (χ1) is 17.0. The molecule has 0 radical (unpaired) electrons. The van der Waals surface area contributed by atoms with Gasteiger partial charge in [0, 0.05) is 36.9 Å². The number of carbonyl (C=O) groups excluding carboxylic acids is 1. The average Bonchev–Trinajstić information content (AvgIpc) is 3.30. The van der Waals surface area contributed by atoms with E-state index < -0.39 is 17.8 Å². The molecule has 2 heterocycles. The van der Waals surface area contributed by atoms with Gasteiger partial charge < -0.3 is 20.9 Å². The molecular formula is C26H29F3N6O. The van der Waals surface area contributed by atoms with Gasteiger partial charge in [0.05, 0.1) is 23.7 Å². The molecule has 1 amide bonds. The maximum absolute atomic E-state index is 13.4. The Bertz CT molecular complexity index is 1360. The van der Waals surface area contributed by atoms with E-state index in [1.807, 2.05) is 20.0 Å². The van der Waals surface area contributed by atoms with Crippen molar-refractivity contribution in [1.29, 1.82) is 0 Å². The fourth-order valence-corrected chi connectivity index (χ4v) is 5.19. The Morgan fingerprint density at radius 2 is 1.83 bits per heavy atom. The maximum atomic E-state index is 13.4. The Morgan fingerprint density at radius 1 is 1.08 bits per heavy atom. The van der Waals surface area contributed by atoms with Crippen molar-refractivity contribution < 1.29 is 18.0 Å². The SMILES string of the molecule is Cc1nc(NC(C)c2cc(N)cc(C(F)(F)F)c2)c2cc(N3CCN(C)C(=O)C3)c3c(c2n1)CCC3. The number of nitrogens with two attached hydrogens (primary N) is 1. The lowest BCUT2D eigenvalue weighted by atomic mass is 10.0. The average molecular weight is 499 g/mol. The number of carbonyl (C=O) groups is 1. The lowest BCUT2D eigenvalue weighted by molar-refractivity contribution is -0.137. The maximum Gasteiger partial charge on any atom is 0.416 e. The van der Waals surface area contributed by atoms with Crippen LogP contribution < -0.4 is 16.0 Å². The minimum absolute atomic E-state index is 0.0528. The third-order valence-corrected chi connectivity index (χ3v) is 7.11. The van der Waals surface area contributed by atoms with Crippen molar-refractivity contribution in [3.05, 3.63) is 52.3 Å². The molecule has 36 heavy (non-hydrogen) atoms. The Hall–Kier alpha value is -3.56. The number of likely N-dealkylation sites (N-methyl/N-ethyl adjacent to an activating group) is 1. The number of nitrogens with one attached hydrogen (secondary N) is 1. The van der Waals surface area contributed by atoms with Crippen LogP contribution >= 0.6 is 0 Å². The van der Waals surface area contributed by atoms with Gasteiger partial charge in [0.2, 0.25) is 5.91 Å². The van der Waals surface area contributed by atoms with Gasteiger partial charge in [-0.2, -0.15) is 13.2 Å². The van der Waals surface area contributed by atoms with E-state index in [1.54, 1.807) is 17.9 Å². The summed E-state index contributed by atoms with van der Waals surface area (Å²) in [7, 11) is 1.81. The number of nitrogen functional groups attached to an aromatic ring is 1. The highest BCUT2D eigenvalue weighted by molar-refractivity contribution is 5.97. The molecule has 0 saturated carbocycles. The first-order valence-corrected chi connectivity index (χ1v) is 12.1. The zero-order chi connectivity index (χ0) is 25.8. The largest absolute Gasteiger partial charge is 0.416 e. The van der Waals surface area contributed by atoms with Crippen molar-refractivity contribution >= 4 is 34.0 Å². The topological polar surface area (TPSA) is 87.4 Å². The standard InChI is InChI=1S/C26H29F3N6O/c1-14(16-9-17(26(27,28)29)11-18(30)10-16)31-25-21-12-22(35-8-7-34(3)23(36)13-35)19-5-4-6-20(19)24(21)32-15(2)33-25/h9-12,14H,4-8,13,30H2,1-3H3,(H,31,32,33). The van der Waals surface area contributed by atoms with E-state index in [9.17, 15) is 18.0 Å². The second-order valence-corrected chi connectivity index (χ2v) is 9.71. The summed E-state index contributed by atoms with van der Waals surface area (Å²) in [5, 5.41) is 4.12. The summed E-state index contributed by atoms with van der Waals surface area (Å²) < 4.78 is 40.1. The highest BCUT2D eigenvalue weighted by atomic mass is 19.4. The summed E-state index contributed by atoms with van der Waals surface area (Å²) in [4.78, 5) is 25.7. The Balaban J connectivity index is 1.58. The molecule has 1 aliphatic heterocycles. The number of rotatable bonds is 4. The van der Waals surface area contributed by atoms with Crippen molar-refractivity contribution in [2.75, 3.05) is 42.6 Å². The van der Waals surface area contributed by atoms with Gasteiger partial charge in [-0.1, -0.05) is 0 Å². The highest BCUT2D eigenvalue weighted by Crippen LogP contribution is 2.40. The quantitative estimate of drug-likeness (QED) is 0.516. The molecule has 3 N–H and O–H groups in total. The van der Waals surface area contributed by atoms with E-state index in [2.05, 4.69) is 15.2 Å². The predicted molar refractivity (Wildman–Crippen MR) is 134 cm³/mol. The van der Waals surface area contributed by atoms with Crippen molar-refractivity contribution in [2.24, 2.45) is 0 Å². The summed E-state index contributed by atoms with van der Waals surface area (Å²) in [6, 6.07) is 5.14. The summed E-state index contributed by atoms with van der Waals surface area (Å²) >= 11 is 0. The third kappa shape index (κ3) is 4.40. The molecule has 1 aromatic heterocycles. The van der Waals surface area contributed by atoms with Crippen LogP contribution in [-0.4, -0.2) is 47.5 Å². The Morgan fingerprint density at radius 3 is 2.56 bits per heavy atom. The Labute approximate surface area is 207 Å². The van der Waals surface area contributed by atoms with E-state index in [0.717, 1.165) is 54.5 Å². The lowest BCUT2D eigenvalue weighted by Crippen LogP contribution is -2.48. The number of benzene rings is 2. The second-order valence-electron chi connectivity index (χ2n) is 9.71. The third-order valence-electron chi connectivity index (χ3n) is 7.11. The number of alkyl halides is 3. The molecule has 1 atom stereocenters. The van der Waals surface area contributed by atoms with Crippen LogP contribution in [0.25, 0.3) is 10.9 Å². The van der Waals surface area contributed by atoms with Crippen LogP contribution in [0, 0.1) is 6.92 Å². The van der Waals surface area contributed by atoms with Gasteiger partial charge in [-0.3, -0.25) is 4.79 Å². The van der Waals surface area contributed by atoms with Crippen LogP contribution in [0.2, 0.25) is 0 Å². The Kier molecular flexibility index (Phi) is 5.92. The number of aromatic nitrogens is 2. The van der Waals surface area contributed by atoms with Crippen LogP contribution in [0.5, 0.6) is 0 Å². The number of nitrogens with zero attached hydrogens (tertiary/aromatic N) is 4. The van der Waals surface area contributed by atoms with E-state index in [4.69, 9.17) is 10.7 Å². The molecular weight excluding hydrogens is 469 g/mol. The number of anilines is 3. The van der Waals surface area contributed by atoms with Crippen LogP contribution in [0.15, 0.2) is 24.3 Å². The van der Waals surface area contributed by atoms with Crippen molar-refractivity contribution in [1.82, 2.24) is 14.9 Å². The smallest absolute Gasteiger partial charge is 0.399 e. The molecule has 1 unspecified atom stereocenters. The van der Waals surface area contributed by atoms with Crippen LogP contribution in [0.3, 0.4) is 0 Å². The molecule has 2 aromatic carbocycles. The highest BCUT2D eigenvalue weighted by Gasteiger charge is 2.32. The van der Waals surface area contributed by atoms with Gasteiger partial charge in [0.15, 0.2) is 0 Å². The molecule has 2 aliphatic rings. The lowest BCUT2D eigenvalue weighted by Gasteiger charge is -2.35. The molecule has 1 fully saturated rings. The number of amides is 1. The van der Waals surface area contributed by atoms with Crippen molar-refractivity contribution in [3.63, 3.8) is 0 Å². The molecule has 10 heteroatoms. The predicted octanol–water partition coefficient (Wildman–Crippen LogP) is 4.48. The summed E-state index contributed by atoms with van der Waals surface area (Å²) in [6.07, 6.45) is -1.67. The van der Waals surface area contributed by atoms with E-state index >= 15 is 0 Å². The van der Waals surface area contributed by atoms with Crippen LogP contribution in [0.4, 0.5) is 30.4 Å². The minimum Gasteiger partial charge on any atom is -0.399 e. The van der Waals surface area contributed by atoms with Crippen molar-refractivity contribution in [3.8, 4) is 0 Å². The molecule has 190 valence electrons. The van der Waals surface area contributed by atoms with Crippen molar-refractivity contribution in [2.45, 2.75) is 45.3 Å². The van der Waals surface area contributed by atoms with E-state index in [0.29, 0.717) is 30.3 Å². The van der Waals surface area contributed by atoms with Gasteiger partial charge in [-0.25, -0.2) is 9.97 Å². The monoisotopic (exact) mass is 498 g/mol. The van der Waals surface area contributed by atoms with E-state index in [-0.39, 0.29) is 11.6 Å². The number of piperazine rings is 1. The molecule has 0 bridgehead atoms. The van der Waals surface area contributed by atoms with Gasteiger partial charge in [0.1, 0.15) is 11.6 Å². The molecule has 1 aliphatic carbocycles. The number of hydrogen-bond acceptors (Lipinski definition) is 6.